The van der Waals surface area contributed by atoms with Gasteiger partial charge in [0.2, 0.25) is 0 Å². The highest BCUT2D eigenvalue weighted by molar-refractivity contribution is 7.99. The van der Waals surface area contributed by atoms with Crippen LogP contribution in [0.3, 0.4) is 0 Å². The van der Waals surface area contributed by atoms with Gasteiger partial charge in [0.1, 0.15) is 5.82 Å². The predicted octanol–water partition coefficient (Wildman–Crippen LogP) is 4.99. The highest BCUT2D eigenvalue weighted by Crippen LogP contribution is 2.19. The summed E-state index contributed by atoms with van der Waals surface area (Å²) in [6, 6.07) is 6.83. The van der Waals surface area contributed by atoms with Crippen LogP contribution in [-0.2, 0) is 0 Å². The molecule has 0 fully saturated rings. The second kappa shape index (κ2) is 12.5. The monoisotopic (exact) mass is 216 g/mol. The first-order chi connectivity index (χ1) is 6.84. The van der Waals surface area contributed by atoms with Gasteiger partial charge in [-0.25, -0.2) is 4.39 Å². The number of benzene rings is 1. The van der Waals surface area contributed by atoms with E-state index < -0.39 is 0 Å². The molecule has 0 saturated heterocycles. The van der Waals surface area contributed by atoms with Gasteiger partial charge in [0, 0.05) is 4.90 Å². The van der Waals surface area contributed by atoms with Crippen LogP contribution in [0.25, 0.3) is 0 Å². The molecule has 0 spiro atoms. The summed E-state index contributed by atoms with van der Waals surface area (Å²) in [6.45, 7) is 10.0. The fraction of sp³-hybridized carbons (Fsp3) is 0.500. The van der Waals surface area contributed by atoms with Crippen molar-refractivity contribution in [1.82, 2.24) is 0 Å². The van der Waals surface area contributed by atoms with E-state index in [9.17, 15) is 4.39 Å². The minimum atomic E-state index is -0.116. The zero-order valence-electron chi connectivity index (χ0n) is 9.80. The van der Waals surface area contributed by atoms with E-state index in [0.717, 1.165) is 10.6 Å². The summed E-state index contributed by atoms with van der Waals surface area (Å²) in [4.78, 5) is 0.741. The average Bonchev–Trinajstić information content (AvgIpc) is 2.28. The van der Waals surface area contributed by atoms with Crippen molar-refractivity contribution in [2.24, 2.45) is 0 Å². The molecule has 1 aromatic rings. The number of rotatable bonds is 2. The fourth-order valence-electron chi connectivity index (χ4n) is 0.717. The van der Waals surface area contributed by atoms with E-state index in [0.29, 0.717) is 0 Å². The van der Waals surface area contributed by atoms with Crippen molar-refractivity contribution in [3.8, 4) is 0 Å². The maximum Gasteiger partial charge on any atom is 0.136 e. The third-order valence-corrected chi connectivity index (χ3v) is 2.07. The maximum absolute atomic E-state index is 12.8. The Kier molecular flexibility index (Phi) is 14.2. The lowest BCUT2D eigenvalue weighted by Gasteiger charge is -1.97. The van der Waals surface area contributed by atoms with E-state index in [1.807, 2.05) is 40.7 Å². The quantitative estimate of drug-likeness (QED) is 0.628. The number of hydrogen-bond acceptors (Lipinski definition) is 1. The molecular weight excluding hydrogens is 195 g/mol. The molecule has 82 valence electrons. The molecule has 0 aromatic heterocycles. The van der Waals surface area contributed by atoms with Crippen LogP contribution in [0.15, 0.2) is 29.2 Å². The van der Waals surface area contributed by atoms with E-state index in [2.05, 4.69) is 0 Å². The Morgan fingerprint density at radius 3 is 2.00 bits per heavy atom. The largest absolute Gasteiger partial charge is 0.206 e. The van der Waals surface area contributed by atoms with E-state index in [1.54, 1.807) is 12.1 Å². The first-order valence-electron chi connectivity index (χ1n) is 5.22. The van der Waals surface area contributed by atoms with Crippen LogP contribution in [-0.4, -0.2) is 5.75 Å². The molecule has 0 unspecified atom stereocenters. The molecule has 0 N–H and O–H groups in total. The topological polar surface area (TPSA) is 0 Å². The van der Waals surface area contributed by atoms with Crippen LogP contribution in [0, 0.1) is 5.82 Å². The Morgan fingerprint density at radius 1 is 1.07 bits per heavy atom. The lowest BCUT2D eigenvalue weighted by Crippen LogP contribution is -1.78. The Morgan fingerprint density at radius 2 is 1.57 bits per heavy atom. The molecule has 0 amide bonds. The molecule has 0 radical (unpaired) electrons. The molecule has 0 aliphatic carbocycles. The second-order valence-electron chi connectivity index (χ2n) is 1.86. The summed E-state index contributed by atoms with van der Waals surface area (Å²) in [7, 11) is 0. The van der Waals surface area contributed by atoms with Crippen LogP contribution >= 0.6 is 11.8 Å². The van der Waals surface area contributed by atoms with Gasteiger partial charge in [0.05, 0.1) is 0 Å². The van der Waals surface area contributed by atoms with E-state index in [4.69, 9.17) is 0 Å². The molecule has 1 aromatic carbocycles. The van der Waals surface area contributed by atoms with Gasteiger partial charge >= 0.3 is 0 Å². The van der Waals surface area contributed by atoms with Crippen molar-refractivity contribution in [1.29, 1.82) is 0 Å². The number of hydrogen-bond donors (Lipinski definition) is 0. The molecule has 0 atom stereocenters. The zero-order chi connectivity index (χ0) is 11.4. The van der Waals surface area contributed by atoms with Gasteiger partial charge < -0.3 is 0 Å². The van der Waals surface area contributed by atoms with Crippen molar-refractivity contribution >= 4 is 11.8 Å². The highest BCUT2D eigenvalue weighted by Gasteiger charge is 1.97. The van der Waals surface area contributed by atoms with Gasteiger partial charge in [-0.2, -0.15) is 0 Å². The van der Waals surface area contributed by atoms with E-state index in [-0.39, 0.29) is 5.82 Å². The molecule has 0 bridgehead atoms. The van der Waals surface area contributed by atoms with Gasteiger partial charge in [-0.3, -0.25) is 0 Å². The van der Waals surface area contributed by atoms with Crippen LogP contribution in [0.1, 0.15) is 34.6 Å². The zero-order valence-corrected chi connectivity index (χ0v) is 10.6. The highest BCUT2D eigenvalue weighted by atomic mass is 32.2. The van der Waals surface area contributed by atoms with E-state index in [1.165, 1.54) is 17.8 Å². The van der Waals surface area contributed by atoms with Gasteiger partial charge in [-0.05, 0) is 17.9 Å². The van der Waals surface area contributed by atoms with Crippen molar-refractivity contribution in [2.75, 3.05) is 5.75 Å². The molecule has 0 saturated carbocycles. The minimum absolute atomic E-state index is 0.116. The summed E-state index contributed by atoms with van der Waals surface area (Å²) in [5.74, 6) is 0.801. The first-order valence-corrected chi connectivity index (χ1v) is 6.20. The van der Waals surface area contributed by atoms with Crippen LogP contribution in [0.5, 0.6) is 0 Å². The molecular formula is C12H21FS. The third kappa shape index (κ3) is 6.96. The predicted molar refractivity (Wildman–Crippen MR) is 65.5 cm³/mol. The van der Waals surface area contributed by atoms with Crippen LogP contribution in [0.2, 0.25) is 0 Å². The first kappa shape index (κ1) is 15.9. The van der Waals surface area contributed by atoms with Crippen molar-refractivity contribution < 1.29 is 4.39 Å². The Hall–Kier alpha value is -0.500. The lowest BCUT2D eigenvalue weighted by molar-refractivity contribution is 0.602. The minimum Gasteiger partial charge on any atom is -0.206 e. The normalized spacial score (nSPS) is 7.86. The second-order valence-corrected chi connectivity index (χ2v) is 3.17. The molecule has 1 rings (SSSR count). The summed E-state index contributed by atoms with van der Waals surface area (Å²) in [6.07, 6.45) is 0. The average molecular weight is 216 g/mol. The molecule has 0 heterocycles. The van der Waals surface area contributed by atoms with Crippen LogP contribution in [0.4, 0.5) is 4.39 Å². The van der Waals surface area contributed by atoms with Gasteiger partial charge in [0.15, 0.2) is 0 Å². The lowest BCUT2D eigenvalue weighted by atomic mass is 10.3. The fourth-order valence-corrected chi connectivity index (χ4v) is 1.41. The summed E-state index contributed by atoms with van der Waals surface area (Å²) in [5.41, 5.74) is 0. The Balaban J connectivity index is 0. The van der Waals surface area contributed by atoms with Crippen LogP contribution < -0.4 is 0 Å². The molecule has 2 heteroatoms. The maximum atomic E-state index is 12.8. The standard InChI is InChI=1S/C8H9FS.2C2H6/c1-2-10-8-6-4-3-5-7(8)9;2*1-2/h3-6H,2H2,1H3;2*1-2H3. The number of thioether (sulfide) groups is 1. The van der Waals surface area contributed by atoms with Gasteiger partial charge in [0.25, 0.3) is 0 Å². The summed E-state index contributed by atoms with van der Waals surface area (Å²) < 4.78 is 12.8. The van der Waals surface area contributed by atoms with E-state index >= 15 is 0 Å². The van der Waals surface area contributed by atoms with Crippen molar-refractivity contribution in [3.05, 3.63) is 30.1 Å². The smallest absolute Gasteiger partial charge is 0.136 e. The third-order valence-electron chi connectivity index (χ3n) is 1.14. The van der Waals surface area contributed by atoms with Gasteiger partial charge in [-0.15, -0.1) is 11.8 Å². The molecule has 14 heavy (non-hydrogen) atoms. The van der Waals surface area contributed by atoms with Crippen molar-refractivity contribution in [3.63, 3.8) is 0 Å². The number of halogens is 1. The summed E-state index contributed by atoms with van der Waals surface area (Å²) in [5, 5.41) is 0. The Labute approximate surface area is 91.9 Å². The summed E-state index contributed by atoms with van der Waals surface area (Å²) >= 11 is 1.53. The Bertz CT molecular complexity index is 211. The van der Waals surface area contributed by atoms with Crippen molar-refractivity contribution in [2.45, 2.75) is 39.5 Å². The van der Waals surface area contributed by atoms with Gasteiger partial charge in [-0.1, -0.05) is 46.8 Å². The SMILES string of the molecule is CC.CC.CCSc1ccccc1F. The molecule has 0 nitrogen and oxygen atoms in total. The molecule has 0 aliphatic heterocycles. The molecule has 0 aliphatic rings.